The number of hydrogen-bond donors (Lipinski definition) is 2. The minimum absolute atomic E-state index is 0. The van der Waals surface area contributed by atoms with Gasteiger partial charge in [-0.2, -0.15) is 0 Å². The van der Waals surface area contributed by atoms with Crippen LogP contribution in [0.2, 0.25) is 5.02 Å². The Balaban J connectivity index is 0.00000300. The Morgan fingerprint density at radius 1 is 1.41 bits per heavy atom. The number of nitrogens with zero attached hydrogens (tertiary/aromatic N) is 3. The number of hydrogen-bond acceptors (Lipinski definition) is 5. The molecule has 1 fully saturated rings. The number of ether oxygens (including phenoxy) is 1. The third kappa shape index (κ3) is 6.62. The van der Waals surface area contributed by atoms with E-state index in [-0.39, 0.29) is 24.0 Å². The summed E-state index contributed by atoms with van der Waals surface area (Å²) in [5.41, 5.74) is 1.04. The number of benzene rings is 1. The minimum Gasteiger partial charge on any atom is -0.495 e. The number of aliphatic imine (C=N–C) groups is 1. The average molecular weight is 550 g/mol. The Labute approximate surface area is 199 Å². The summed E-state index contributed by atoms with van der Waals surface area (Å²) in [7, 11) is 1.69. The van der Waals surface area contributed by atoms with Crippen LogP contribution in [0.3, 0.4) is 0 Å². The van der Waals surface area contributed by atoms with E-state index in [0.717, 1.165) is 59.9 Å². The number of halogens is 2. The van der Waals surface area contributed by atoms with E-state index in [9.17, 15) is 0 Å². The van der Waals surface area contributed by atoms with Crippen LogP contribution in [0.5, 0.6) is 5.75 Å². The van der Waals surface area contributed by atoms with Gasteiger partial charge in [-0.3, -0.25) is 0 Å². The molecule has 1 aromatic heterocycles. The molecule has 0 amide bonds. The predicted octanol–water partition coefficient (Wildman–Crippen LogP) is 4.32. The summed E-state index contributed by atoms with van der Waals surface area (Å²) in [6, 6.07) is 6.05. The topological polar surface area (TPSA) is 61.8 Å². The Hall–Kier alpha value is -1.26. The molecular weight excluding hydrogens is 521 g/mol. The molecule has 9 heteroatoms. The van der Waals surface area contributed by atoms with Gasteiger partial charge in [0.15, 0.2) is 5.96 Å². The van der Waals surface area contributed by atoms with Crippen molar-refractivity contribution in [1.82, 2.24) is 15.6 Å². The monoisotopic (exact) mass is 549 g/mol. The van der Waals surface area contributed by atoms with Crippen LogP contribution in [-0.2, 0) is 13.0 Å². The van der Waals surface area contributed by atoms with Gasteiger partial charge < -0.3 is 20.3 Å². The smallest absolute Gasteiger partial charge is 0.191 e. The van der Waals surface area contributed by atoms with Crippen molar-refractivity contribution in [2.24, 2.45) is 4.99 Å². The summed E-state index contributed by atoms with van der Waals surface area (Å²) in [5.74, 6) is 1.68. The number of anilines is 1. The van der Waals surface area contributed by atoms with E-state index >= 15 is 0 Å². The van der Waals surface area contributed by atoms with Gasteiger partial charge >= 0.3 is 0 Å². The van der Waals surface area contributed by atoms with Gasteiger partial charge in [0.1, 0.15) is 10.8 Å². The van der Waals surface area contributed by atoms with E-state index in [1.54, 1.807) is 18.4 Å². The van der Waals surface area contributed by atoms with E-state index in [1.807, 2.05) is 24.4 Å². The Kier molecular flexibility index (Phi) is 9.78. The first kappa shape index (κ1) is 24.0. The van der Waals surface area contributed by atoms with Crippen LogP contribution in [0.25, 0.3) is 0 Å². The Morgan fingerprint density at radius 3 is 2.93 bits per heavy atom. The third-order valence-electron chi connectivity index (χ3n) is 4.68. The first-order chi connectivity index (χ1) is 13.6. The second-order valence-corrected chi connectivity index (χ2v) is 8.30. The molecule has 2 N–H and O–H groups in total. The highest BCUT2D eigenvalue weighted by Crippen LogP contribution is 2.33. The quantitative estimate of drug-likeness (QED) is 0.306. The van der Waals surface area contributed by atoms with Gasteiger partial charge in [-0.05, 0) is 38.0 Å². The predicted molar refractivity (Wildman–Crippen MR) is 133 cm³/mol. The highest BCUT2D eigenvalue weighted by atomic mass is 127. The summed E-state index contributed by atoms with van der Waals surface area (Å²) in [5, 5.41) is 8.66. The summed E-state index contributed by atoms with van der Waals surface area (Å²) in [4.78, 5) is 12.8. The molecule has 0 aliphatic carbocycles. The second-order valence-electron chi connectivity index (χ2n) is 6.66. The van der Waals surface area contributed by atoms with Crippen LogP contribution in [0.15, 0.2) is 29.4 Å². The molecule has 2 heterocycles. The maximum absolute atomic E-state index is 6.19. The van der Waals surface area contributed by atoms with Gasteiger partial charge in [0, 0.05) is 41.8 Å². The summed E-state index contributed by atoms with van der Waals surface area (Å²) in [6.07, 6.45) is 3.99. The fourth-order valence-electron chi connectivity index (χ4n) is 3.25. The van der Waals surface area contributed by atoms with Gasteiger partial charge in [-0.25, -0.2) is 9.98 Å². The van der Waals surface area contributed by atoms with Gasteiger partial charge in [-0.15, -0.1) is 35.3 Å². The van der Waals surface area contributed by atoms with Crippen LogP contribution >= 0.6 is 46.9 Å². The maximum atomic E-state index is 6.19. The van der Waals surface area contributed by atoms with Crippen molar-refractivity contribution in [1.29, 1.82) is 0 Å². The zero-order chi connectivity index (χ0) is 19.9. The van der Waals surface area contributed by atoms with Crippen LogP contribution < -0.4 is 20.3 Å². The van der Waals surface area contributed by atoms with Crippen molar-refractivity contribution in [3.05, 3.63) is 39.3 Å². The van der Waals surface area contributed by atoms with E-state index < -0.39 is 0 Å². The number of nitrogens with one attached hydrogen (secondary N) is 2. The summed E-state index contributed by atoms with van der Waals surface area (Å²) >= 11 is 7.92. The third-order valence-corrected chi connectivity index (χ3v) is 6.04. The van der Waals surface area contributed by atoms with Crippen LogP contribution in [0.4, 0.5) is 5.69 Å². The van der Waals surface area contributed by atoms with Crippen molar-refractivity contribution < 1.29 is 4.74 Å². The molecule has 1 aliphatic rings. The first-order valence-corrected chi connectivity index (χ1v) is 10.9. The molecule has 1 aliphatic heterocycles. The van der Waals surface area contributed by atoms with Gasteiger partial charge in [0.2, 0.25) is 0 Å². The van der Waals surface area contributed by atoms with Crippen molar-refractivity contribution in [2.75, 3.05) is 31.6 Å². The molecular formula is C20H29ClIN5OS. The van der Waals surface area contributed by atoms with E-state index in [1.165, 1.54) is 4.88 Å². The molecule has 1 unspecified atom stereocenters. The Bertz CT molecular complexity index is 816. The molecule has 3 rings (SSSR count). The number of guanidine groups is 1. The van der Waals surface area contributed by atoms with Crippen LogP contribution in [0, 0.1) is 0 Å². The fraction of sp³-hybridized carbons (Fsp3) is 0.500. The van der Waals surface area contributed by atoms with Crippen LogP contribution in [0.1, 0.15) is 30.2 Å². The molecule has 2 aromatic rings. The van der Waals surface area contributed by atoms with E-state index in [0.29, 0.717) is 12.6 Å². The van der Waals surface area contributed by atoms with Crippen molar-refractivity contribution in [2.45, 2.75) is 39.3 Å². The highest BCUT2D eigenvalue weighted by molar-refractivity contribution is 14.0. The lowest BCUT2D eigenvalue weighted by Crippen LogP contribution is -2.44. The molecule has 160 valence electrons. The SMILES string of the molecule is CCNC(=NCc1ncc(CC)s1)NC1CCN(c2cc(Cl)ccc2OC)C1.I. The normalized spacial score (nSPS) is 16.5. The second kappa shape index (κ2) is 11.8. The zero-order valence-electron chi connectivity index (χ0n) is 17.1. The van der Waals surface area contributed by atoms with Crippen LogP contribution in [-0.4, -0.2) is 43.7 Å². The van der Waals surface area contributed by atoms with E-state index in [2.05, 4.69) is 34.4 Å². The average Bonchev–Trinajstić information content (AvgIpc) is 3.35. The molecule has 0 spiro atoms. The molecule has 1 atom stereocenters. The molecule has 1 aromatic carbocycles. The Morgan fingerprint density at radius 2 is 2.24 bits per heavy atom. The van der Waals surface area contributed by atoms with Crippen molar-refractivity contribution >= 4 is 58.6 Å². The molecule has 0 radical (unpaired) electrons. The van der Waals surface area contributed by atoms with Gasteiger partial charge in [-0.1, -0.05) is 18.5 Å². The zero-order valence-corrected chi connectivity index (χ0v) is 21.0. The summed E-state index contributed by atoms with van der Waals surface area (Å²) in [6.45, 7) is 7.46. The standard InChI is InChI=1S/C20H28ClN5OS.HI/c1-4-16-11-23-19(28-16)12-24-20(22-5-2)25-15-8-9-26(13-15)17-10-14(21)6-7-18(17)27-3;/h6-7,10-11,15H,4-5,8-9,12-13H2,1-3H3,(H2,22,24,25);1H. The molecule has 0 saturated carbocycles. The lowest BCUT2D eigenvalue weighted by molar-refractivity contribution is 0.415. The highest BCUT2D eigenvalue weighted by Gasteiger charge is 2.25. The number of methoxy groups -OCH3 is 1. The fourth-order valence-corrected chi connectivity index (χ4v) is 4.21. The molecule has 6 nitrogen and oxygen atoms in total. The number of aromatic nitrogens is 1. The van der Waals surface area contributed by atoms with Crippen molar-refractivity contribution in [3.63, 3.8) is 0 Å². The number of thiazole rings is 1. The maximum Gasteiger partial charge on any atom is 0.191 e. The molecule has 1 saturated heterocycles. The van der Waals surface area contributed by atoms with Crippen molar-refractivity contribution in [3.8, 4) is 5.75 Å². The lowest BCUT2D eigenvalue weighted by Gasteiger charge is -2.22. The number of aryl methyl sites for hydroxylation is 1. The molecule has 0 bridgehead atoms. The largest absolute Gasteiger partial charge is 0.495 e. The minimum atomic E-state index is 0. The number of rotatable bonds is 7. The lowest BCUT2D eigenvalue weighted by atomic mass is 10.2. The summed E-state index contributed by atoms with van der Waals surface area (Å²) < 4.78 is 5.50. The first-order valence-electron chi connectivity index (χ1n) is 9.69. The molecule has 29 heavy (non-hydrogen) atoms. The van der Waals surface area contributed by atoms with Gasteiger partial charge in [0.05, 0.1) is 19.3 Å². The van der Waals surface area contributed by atoms with E-state index in [4.69, 9.17) is 21.3 Å². The van der Waals surface area contributed by atoms with Gasteiger partial charge in [0.25, 0.3) is 0 Å².